The highest BCUT2D eigenvalue weighted by Gasteiger charge is 2.11. The molecule has 0 fully saturated rings. The van der Waals surface area contributed by atoms with Crippen molar-refractivity contribution < 1.29 is 19.8 Å². The van der Waals surface area contributed by atoms with Crippen LogP contribution >= 0.6 is 0 Å². The molecule has 0 aromatic heterocycles. The van der Waals surface area contributed by atoms with E-state index in [0.29, 0.717) is 5.69 Å². The summed E-state index contributed by atoms with van der Waals surface area (Å²) in [6.07, 6.45) is 0. The molecule has 3 N–H and O–H groups in total. The van der Waals surface area contributed by atoms with Crippen LogP contribution in [0.15, 0.2) is 18.2 Å². The van der Waals surface area contributed by atoms with Crippen LogP contribution in [-0.2, 0) is 4.79 Å². The molecule has 0 saturated carbocycles. The molecule has 0 atom stereocenters. The first-order valence-corrected chi connectivity index (χ1v) is 9.09. The van der Waals surface area contributed by atoms with Crippen LogP contribution in [0.2, 0.25) is 19.6 Å². The Bertz CT molecular complexity index is 579. The topological polar surface area (TPSA) is 86.6 Å². The molecule has 0 radical (unpaired) electrons. The van der Waals surface area contributed by atoms with E-state index in [1.54, 1.807) is 0 Å². The minimum absolute atomic E-state index is 0.216. The van der Waals surface area contributed by atoms with E-state index in [0.717, 1.165) is 0 Å². The minimum Gasteiger partial charge on any atom is -0.507 e. The number of rotatable bonds is 2. The number of carboxylic acid groups (broad SMARTS) is 1. The van der Waals surface area contributed by atoms with E-state index >= 15 is 0 Å². The summed E-state index contributed by atoms with van der Waals surface area (Å²) in [6.45, 7) is 6.04. The molecule has 6 heteroatoms. The van der Waals surface area contributed by atoms with Gasteiger partial charge in [-0.15, -0.1) is 5.54 Å². The van der Waals surface area contributed by atoms with Crippen LogP contribution in [0.5, 0.6) is 5.75 Å². The maximum absolute atomic E-state index is 11.5. The summed E-state index contributed by atoms with van der Waals surface area (Å²) in [4.78, 5) is 22.2. The number of anilines is 1. The quantitative estimate of drug-likeness (QED) is 0.569. The number of phenols is 1. The normalized spacial score (nSPS) is 10.3. The third-order valence-electron chi connectivity index (χ3n) is 2.04. The van der Waals surface area contributed by atoms with Gasteiger partial charge in [0, 0.05) is 11.8 Å². The average Bonchev–Trinajstić information content (AvgIpc) is 2.25. The summed E-state index contributed by atoms with van der Waals surface area (Å²) in [5.41, 5.74) is 2.99. The number of carbonyl (C=O) groups is 2. The number of benzene rings is 1. The number of nitrogens with one attached hydrogen (secondary N) is 1. The van der Waals surface area contributed by atoms with Crippen molar-refractivity contribution >= 4 is 25.6 Å². The van der Waals surface area contributed by atoms with Crippen LogP contribution in [0, 0.1) is 11.5 Å². The van der Waals surface area contributed by atoms with Gasteiger partial charge in [0.1, 0.15) is 19.4 Å². The van der Waals surface area contributed by atoms with Crippen molar-refractivity contribution in [2.24, 2.45) is 0 Å². The van der Waals surface area contributed by atoms with Gasteiger partial charge in [0.2, 0.25) is 0 Å². The summed E-state index contributed by atoms with van der Waals surface area (Å²) >= 11 is 0. The predicted octanol–water partition coefficient (Wildman–Crippen LogP) is 1.91. The predicted molar refractivity (Wildman–Crippen MR) is 74.8 cm³/mol. The standard InChI is InChI=1S/C13H15NO4Si/c1-19(2,3)7-6-12(16)14-9-4-5-10(13(17)18)11(15)8-9/h4-5,8,15H,1-3H3,(H,14,16)(H,17,18). The summed E-state index contributed by atoms with van der Waals surface area (Å²) in [5, 5.41) is 20.7. The van der Waals surface area contributed by atoms with Gasteiger partial charge in [0.25, 0.3) is 5.91 Å². The summed E-state index contributed by atoms with van der Waals surface area (Å²) in [7, 11) is -1.62. The smallest absolute Gasteiger partial charge is 0.339 e. The Morgan fingerprint density at radius 3 is 2.37 bits per heavy atom. The van der Waals surface area contributed by atoms with Crippen LogP contribution in [-0.4, -0.2) is 30.2 Å². The lowest BCUT2D eigenvalue weighted by atomic mass is 10.2. The summed E-state index contributed by atoms with van der Waals surface area (Å²) in [5.74, 6) is 0.383. The van der Waals surface area contributed by atoms with Crippen molar-refractivity contribution in [3.05, 3.63) is 23.8 Å². The van der Waals surface area contributed by atoms with Gasteiger partial charge >= 0.3 is 5.97 Å². The second-order valence-electron chi connectivity index (χ2n) is 4.99. The molecule has 0 saturated heterocycles. The molecule has 5 nitrogen and oxygen atoms in total. The Labute approximate surface area is 112 Å². The molecule has 0 aliphatic heterocycles. The third-order valence-corrected chi connectivity index (χ3v) is 2.91. The van der Waals surface area contributed by atoms with E-state index < -0.39 is 25.7 Å². The number of aromatic carboxylic acids is 1. The number of hydrogen-bond acceptors (Lipinski definition) is 3. The van der Waals surface area contributed by atoms with Gasteiger partial charge in [-0.3, -0.25) is 4.79 Å². The van der Waals surface area contributed by atoms with E-state index in [9.17, 15) is 14.7 Å². The Morgan fingerprint density at radius 1 is 1.26 bits per heavy atom. The van der Waals surface area contributed by atoms with E-state index in [4.69, 9.17) is 5.11 Å². The number of hydrogen-bond donors (Lipinski definition) is 3. The monoisotopic (exact) mass is 277 g/mol. The Hall–Kier alpha value is -2.26. The summed E-state index contributed by atoms with van der Waals surface area (Å²) in [6, 6.07) is 3.80. The van der Waals surface area contributed by atoms with Crippen LogP contribution in [0.1, 0.15) is 10.4 Å². The molecule has 1 aromatic rings. The number of carboxylic acids is 1. The van der Waals surface area contributed by atoms with Crippen molar-refractivity contribution in [2.75, 3.05) is 5.32 Å². The first-order chi connectivity index (χ1) is 8.69. The fraction of sp³-hybridized carbons (Fsp3) is 0.231. The van der Waals surface area contributed by atoms with Gasteiger partial charge < -0.3 is 15.5 Å². The largest absolute Gasteiger partial charge is 0.507 e. The van der Waals surface area contributed by atoms with Crippen molar-refractivity contribution in [3.8, 4) is 17.2 Å². The number of aromatic hydroxyl groups is 1. The molecule has 1 aromatic carbocycles. The van der Waals surface area contributed by atoms with Gasteiger partial charge in [-0.1, -0.05) is 19.6 Å². The van der Waals surface area contributed by atoms with Crippen molar-refractivity contribution in [2.45, 2.75) is 19.6 Å². The van der Waals surface area contributed by atoms with Gasteiger partial charge in [0.05, 0.1) is 0 Å². The molecule has 19 heavy (non-hydrogen) atoms. The zero-order chi connectivity index (χ0) is 14.6. The lowest BCUT2D eigenvalue weighted by Crippen LogP contribution is -2.18. The summed E-state index contributed by atoms with van der Waals surface area (Å²) < 4.78 is 0. The maximum Gasteiger partial charge on any atom is 0.339 e. The maximum atomic E-state index is 11.5. The zero-order valence-electron chi connectivity index (χ0n) is 10.9. The highest BCUT2D eigenvalue weighted by atomic mass is 28.3. The number of amides is 1. The van der Waals surface area contributed by atoms with E-state index in [1.807, 2.05) is 19.6 Å². The highest BCUT2D eigenvalue weighted by Crippen LogP contribution is 2.21. The molecule has 0 aliphatic carbocycles. The minimum atomic E-state index is -1.62. The van der Waals surface area contributed by atoms with Crippen molar-refractivity contribution in [1.29, 1.82) is 0 Å². The highest BCUT2D eigenvalue weighted by molar-refractivity contribution is 6.84. The first kappa shape index (κ1) is 14.8. The molecule has 0 aliphatic rings. The SMILES string of the molecule is C[Si](C)(C)C#CC(=O)Nc1ccc(C(=O)O)c(O)c1. The Morgan fingerprint density at radius 2 is 1.89 bits per heavy atom. The molecule has 0 spiro atoms. The molecular weight excluding hydrogens is 262 g/mol. The zero-order valence-corrected chi connectivity index (χ0v) is 11.9. The second kappa shape index (κ2) is 5.59. The third kappa shape index (κ3) is 4.85. The lowest BCUT2D eigenvalue weighted by molar-refractivity contribution is -0.111. The molecule has 1 amide bonds. The van der Waals surface area contributed by atoms with E-state index in [-0.39, 0.29) is 5.56 Å². The number of carbonyl (C=O) groups excluding carboxylic acids is 1. The van der Waals surface area contributed by atoms with E-state index in [2.05, 4.69) is 16.8 Å². The molecular formula is C13H15NO4Si. The van der Waals surface area contributed by atoms with Crippen LogP contribution < -0.4 is 5.32 Å². The van der Waals surface area contributed by atoms with Gasteiger partial charge in [-0.05, 0) is 18.1 Å². The second-order valence-corrected chi connectivity index (χ2v) is 9.74. The van der Waals surface area contributed by atoms with Crippen molar-refractivity contribution in [1.82, 2.24) is 0 Å². The van der Waals surface area contributed by atoms with Gasteiger partial charge in [0.15, 0.2) is 0 Å². The lowest BCUT2D eigenvalue weighted by Gasteiger charge is -2.05. The first-order valence-electron chi connectivity index (χ1n) is 5.59. The molecule has 0 heterocycles. The Balaban J connectivity index is 2.84. The van der Waals surface area contributed by atoms with Crippen molar-refractivity contribution in [3.63, 3.8) is 0 Å². The molecule has 0 unspecified atom stereocenters. The van der Waals surface area contributed by atoms with Crippen LogP contribution in [0.25, 0.3) is 0 Å². The van der Waals surface area contributed by atoms with Crippen LogP contribution in [0.3, 0.4) is 0 Å². The average molecular weight is 277 g/mol. The van der Waals surface area contributed by atoms with Gasteiger partial charge in [-0.25, -0.2) is 4.79 Å². The molecule has 1 rings (SSSR count). The van der Waals surface area contributed by atoms with E-state index in [1.165, 1.54) is 18.2 Å². The Kier molecular flexibility index (Phi) is 4.35. The molecule has 0 bridgehead atoms. The van der Waals surface area contributed by atoms with Gasteiger partial charge in [-0.2, -0.15) is 0 Å². The molecule has 100 valence electrons. The fourth-order valence-corrected chi connectivity index (χ4v) is 1.69. The fourth-order valence-electron chi connectivity index (χ4n) is 1.20. The van der Waals surface area contributed by atoms with Crippen LogP contribution in [0.4, 0.5) is 5.69 Å².